The third-order valence-corrected chi connectivity index (χ3v) is 3.53. The summed E-state index contributed by atoms with van der Waals surface area (Å²) < 4.78 is 0. The Balaban J connectivity index is 1.89. The number of rotatable bonds is 5. The van der Waals surface area contributed by atoms with Gasteiger partial charge in [0.05, 0.1) is 6.42 Å². The highest BCUT2D eigenvalue weighted by molar-refractivity contribution is 5.66. The zero-order chi connectivity index (χ0) is 13.8. The van der Waals surface area contributed by atoms with Gasteiger partial charge in [0.1, 0.15) is 0 Å². The van der Waals surface area contributed by atoms with Crippen LogP contribution < -0.4 is 10.2 Å². The first-order valence-electron chi connectivity index (χ1n) is 6.83. The minimum atomic E-state index is -0.739. The van der Waals surface area contributed by atoms with Crippen LogP contribution in [0.2, 0.25) is 0 Å². The molecule has 1 fully saturated rings. The standard InChI is InChI=1S/C15H22N2O2/c1-11-7-12(2)9-14(8-11)17-6-4-13(10-17)16-5-3-15(18)19/h7-9,13,16H,3-6,10H2,1-2H3,(H,18,19). The number of benzene rings is 1. The van der Waals surface area contributed by atoms with Crippen LogP contribution in [-0.4, -0.2) is 36.8 Å². The molecule has 104 valence electrons. The minimum Gasteiger partial charge on any atom is -0.481 e. The van der Waals surface area contributed by atoms with Gasteiger partial charge >= 0.3 is 5.97 Å². The van der Waals surface area contributed by atoms with Gasteiger partial charge in [0, 0.05) is 31.4 Å². The van der Waals surface area contributed by atoms with E-state index < -0.39 is 5.97 Å². The highest BCUT2D eigenvalue weighted by atomic mass is 16.4. The molecule has 1 atom stereocenters. The lowest BCUT2D eigenvalue weighted by molar-refractivity contribution is -0.136. The largest absolute Gasteiger partial charge is 0.481 e. The number of carboxylic acids is 1. The quantitative estimate of drug-likeness (QED) is 0.851. The smallest absolute Gasteiger partial charge is 0.304 e. The van der Waals surface area contributed by atoms with Crippen molar-refractivity contribution in [2.75, 3.05) is 24.5 Å². The van der Waals surface area contributed by atoms with E-state index in [2.05, 4.69) is 42.3 Å². The second-order valence-electron chi connectivity index (χ2n) is 5.38. The first kappa shape index (κ1) is 13.9. The number of aliphatic carboxylic acids is 1. The molecule has 1 aromatic carbocycles. The molecule has 2 rings (SSSR count). The SMILES string of the molecule is Cc1cc(C)cc(N2CCC(NCCC(=O)O)C2)c1. The number of nitrogens with one attached hydrogen (secondary N) is 1. The lowest BCUT2D eigenvalue weighted by Gasteiger charge is -2.20. The minimum absolute atomic E-state index is 0.194. The lowest BCUT2D eigenvalue weighted by atomic mass is 10.1. The first-order valence-corrected chi connectivity index (χ1v) is 6.83. The van der Waals surface area contributed by atoms with Crippen molar-refractivity contribution in [2.24, 2.45) is 0 Å². The Labute approximate surface area is 114 Å². The van der Waals surface area contributed by atoms with Gasteiger partial charge in [-0.15, -0.1) is 0 Å². The molecule has 1 aromatic rings. The molecule has 1 unspecified atom stereocenters. The first-order chi connectivity index (χ1) is 9.04. The molecule has 1 aliphatic rings. The lowest BCUT2D eigenvalue weighted by Crippen LogP contribution is -2.33. The molecule has 19 heavy (non-hydrogen) atoms. The van der Waals surface area contributed by atoms with Crippen molar-refractivity contribution >= 4 is 11.7 Å². The summed E-state index contributed by atoms with van der Waals surface area (Å²) in [7, 11) is 0. The molecule has 4 nitrogen and oxygen atoms in total. The molecular weight excluding hydrogens is 240 g/mol. The molecule has 1 heterocycles. The van der Waals surface area contributed by atoms with E-state index in [0.29, 0.717) is 12.6 Å². The van der Waals surface area contributed by atoms with Crippen LogP contribution in [0.1, 0.15) is 24.0 Å². The summed E-state index contributed by atoms with van der Waals surface area (Å²) in [4.78, 5) is 12.9. The Morgan fingerprint density at radius 3 is 2.68 bits per heavy atom. The van der Waals surface area contributed by atoms with Crippen LogP contribution in [0, 0.1) is 13.8 Å². The van der Waals surface area contributed by atoms with E-state index in [4.69, 9.17) is 5.11 Å². The van der Waals surface area contributed by atoms with E-state index in [1.54, 1.807) is 0 Å². The molecule has 1 saturated heterocycles. The normalized spacial score (nSPS) is 18.8. The second-order valence-corrected chi connectivity index (χ2v) is 5.38. The summed E-state index contributed by atoms with van der Waals surface area (Å²) >= 11 is 0. The predicted octanol–water partition coefficient (Wildman–Crippen LogP) is 1.95. The van der Waals surface area contributed by atoms with E-state index in [9.17, 15) is 4.79 Å². The van der Waals surface area contributed by atoms with Gasteiger partial charge in [0.25, 0.3) is 0 Å². The summed E-state index contributed by atoms with van der Waals surface area (Å²) in [6.45, 7) is 6.79. The zero-order valence-electron chi connectivity index (χ0n) is 11.6. The topological polar surface area (TPSA) is 52.6 Å². The summed E-state index contributed by atoms with van der Waals surface area (Å²) in [6.07, 6.45) is 1.27. The monoisotopic (exact) mass is 262 g/mol. The van der Waals surface area contributed by atoms with Crippen LogP contribution in [0.3, 0.4) is 0 Å². The van der Waals surface area contributed by atoms with Crippen LogP contribution in [0.15, 0.2) is 18.2 Å². The van der Waals surface area contributed by atoms with Crippen molar-refractivity contribution in [1.29, 1.82) is 0 Å². The Bertz CT molecular complexity index is 439. The maximum Gasteiger partial charge on any atom is 0.304 e. The van der Waals surface area contributed by atoms with Gasteiger partial charge in [-0.25, -0.2) is 0 Å². The molecular formula is C15H22N2O2. The summed E-state index contributed by atoms with van der Waals surface area (Å²) in [5.41, 5.74) is 3.86. The Kier molecular flexibility index (Phi) is 4.43. The van der Waals surface area contributed by atoms with E-state index in [0.717, 1.165) is 19.5 Å². The number of aryl methyl sites for hydroxylation is 2. The maximum absolute atomic E-state index is 10.5. The third-order valence-electron chi connectivity index (χ3n) is 3.53. The molecule has 0 aromatic heterocycles. The summed E-state index contributed by atoms with van der Waals surface area (Å²) in [6, 6.07) is 7.02. The second kappa shape index (κ2) is 6.06. The van der Waals surface area contributed by atoms with Crippen molar-refractivity contribution in [1.82, 2.24) is 5.32 Å². The average molecular weight is 262 g/mol. The van der Waals surface area contributed by atoms with Crippen molar-refractivity contribution < 1.29 is 9.90 Å². The van der Waals surface area contributed by atoms with Crippen LogP contribution in [0.25, 0.3) is 0 Å². The Morgan fingerprint density at radius 2 is 2.05 bits per heavy atom. The number of hydrogen-bond donors (Lipinski definition) is 2. The molecule has 0 bridgehead atoms. The maximum atomic E-state index is 10.5. The fourth-order valence-electron chi connectivity index (χ4n) is 2.68. The van der Waals surface area contributed by atoms with Gasteiger partial charge in [-0.1, -0.05) is 6.07 Å². The van der Waals surface area contributed by atoms with E-state index in [1.807, 2.05) is 0 Å². The molecule has 4 heteroatoms. The Hall–Kier alpha value is -1.55. The fourth-order valence-corrected chi connectivity index (χ4v) is 2.68. The molecule has 0 amide bonds. The molecule has 2 N–H and O–H groups in total. The van der Waals surface area contributed by atoms with Crippen molar-refractivity contribution in [3.8, 4) is 0 Å². The van der Waals surface area contributed by atoms with Gasteiger partial charge in [-0.3, -0.25) is 4.79 Å². The average Bonchev–Trinajstić information content (AvgIpc) is 2.76. The summed E-state index contributed by atoms with van der Waals surface area (Å²) in [5.74, 6) is -0.739. The van der Waals surface area contributed by atoms with Gasteiger partial charge in [-0.05, 0) is 43.5 Å². The third kappa shape index (κ3) is 3.96. The Morgan fingerprint density at radius 1 is 1.37 bits per heavy atom. The van der Waals surface area contributed by atoms with E-state index >= 15 is 0 Å². The van der Waals surface area contributed by atoms with Crippen molar-refractivity contribution in [3.63, 3.8) is 0 Å². The van der Waals surface area contributed by atoms with Crippen LogP contribution in [-0.2, 0) is 4.79 Å². The molecule has 0 saturated carbocycles. The van der Waals surface area contributed by atoms with Gasteiger partial charge in [0.2, 0.25) is 0 Å². The number of anilines is 1. The summed E-state index contributed by atoms with van der Waals surface area (Å²) in [5, 5.41) is 11.9. The number of carboxylic acid groups (broad SMARTS) is 1. The molecule has 1 aliphatic heterocycles. The van der Waals surface area contributed by atoms with Crippen LogP contribution >= 0.6 is 0 Å². The van der Waals surface area contributed by atoms with Gasteiger partial charge in [-0.2, -0.15) is 0 Å². The number of nitrogens with zero attached hydrogens (tertiary/aromatic N) is 1. The molecule has 0 spiro atoms. The van der Waals surface area contributed by atoms with Crippen molar-refractivity contribution in [2.45, 2.75) is 32.7 Å². The fraction of sp³-hybridized carbons (Fsp3) is 0.533. The van der Waals surface area contributed by atoms with E-state index in [-0.39, 0.29) is 6.42 Å². The zero-order valence-corrected chi connectivity index (χ0v) is 11.6. The van der Waals surface area contributed by atoms with E-state index in [1.165, 1.54) is 16.8 Å². The predicted molar refractivity (Wildman–Crippen MR) is 76.8 cm³/mol. The highest BCUT2D eigenvalue weighted by Crippen LogP contribution is 2.23. The van der Waals surface area contributed by atoms with Crippen LogP contribution in [0.4, 0.5) is 5.69 Å². The number of hydrogen-bond acceptors (Lipinski definition) is 3. The molecule has 0 radical (unpaired) electrons. The van der Waals surface area contributed by atoms with Crippen molar-refractivity contribution in [3.05, 3.63) is 29.3 Å². The number of carbonyl (C=O) groups is 1. The highest BCUT2D eigenvalue weighted by Gasteiger charge is 2.22. The molecule has 0 aliphatic carbocycles. The van der Waals surface area contributed by atoms with Gasteiger partial charge < -0.3 is 15.3 Å². The van der Waals surface area contributed by atoms with Crippen LogP contribution in [0.5, 0.6) is 0 Å². The van der Waals surface area contributed by atoms with Gasteiger partial charge in [0.15, 0.2) is 0 Å².